The van der Waals surface area contributed by atoms with Gasteiger partial charge in [-0.1, -0.05) is 0 Å². The number of rotatable bonds is 5. The molecule has 0 radical (unpaired) electrons. The highest BCUT2D eigenvalue weighted by atomic mass is 19.1. The van der Waals surface area contributed by atoms with Crippen LogP contribution in [0.5, 0.6) is 0 Å². The van der Waals surface area contributed by atoms with Crippen LogP contribution in [0.3, 0.4) is 0 Å². The van der Waals surface area contributed by atoms with Crippen molar-refractivity contribution in [3.05, 3.63) is 22.7 Å². The summed E-state index contributed by atoms with van der Waals surface area (Å²) < 4.78 is 19.8. The lowest BCUT2D eigenvalue weighted by atomic mass is 10.1. The molecule has 0 bridgehead atoms. The van der Waals surface area contributed by atoms with E-state index in [4.69, 9.17) is 20.7 Å². The molecular weight excluding hydrogens is 303 g/mol. The maximum atomic E-state index is 14.0. The lowest BCUT2D eigenvalue weighted by Crippen LogP contribution is -2.53. The van der Waals surface area contributed by atoms with Gasteiger partial charge in [-0.3, -0.25) is 15.1 Å². The molecule has 10 nitrogen and oxygen atoms in total. The fourth-order valence-electron chi connectivity index (χ4n) is 2.00. The van der Waals surface area contributed by atoms with Crippen molar-refractivity contribution in [3.63, 3.8) is 0 Å². The standard InChI is InChI=1S/C11H15FN4O6/c12-7-8(20)11(13,4-17)22-9(7)16-2-1-5(15-10(16)21)14-3-6(18)19/h1-2,7-9,17,20H,3-4,13H2,(H,18,19)(H,14,15,21)/t7-,8?,9?,11+/m0/s1. The minimum absolute atomic E-state index is 0.0150. The zero-order valence-electron chi connectivity index (χ0n) is 11.2. The van der Waals surface area contributed by atoms with E-state index in [1.807, 2.05) is 0 Å². The number of aromatic nitrogens is 2. The van der Waals surface area contributed by atoms with Gasteiger partial charge in [0.15, 0.2) is 18.1 Å². The van der Waals surface area contributed by atoms with E-state index in [0.29, 0.717) is 0 Å². The second-order valence-electron chi connectivity index (χ2n) is 4.76. The molecule has 2 heterocycles. The third-order valence-corrected chi connectivity index (χ3v) is 3.19. The first-order valence-electron chi connectivity index (χ1n) is 6.23. The summed E-state index contributed by atoms with van der Waals surface area (Å²) >= 11 is 0. The monoisotopic (exact) mass is 318 g/mol. The van der Waals surface area contributed by atoms with E-state index in [1.54, 1.807) is 0 Å². The van der Waals surface area contributed by atoms with E-state index in [0.717, 1.165) is 10.8 Å². The Bertz CT molecular complexity index is 625. The Labute approximate surface area is 123 Å². The van der Waals surface area contributed by atoms with Crippen molar-refractivity contribution in [1.29, 1.82) is 0 Å². The van der Waals surface area contributed by atoms with Crippen LogP contribution in [-0.2, 0) is 9.53 Å². The molecule has 1 saturated heterocycles. The number of carbonyl (C=O) groups is 1. The number of hydrogen-bond donors (Lipinski definition) is 5. The van der Waals surface area contributed by atoms with Gasteiger partial charge in [0.2, 0.25) is 0 Å². The maximum absolute atomic E-state index is 14.0. The highest BCUT2D eigenvalue weighted by Gasteiger charge is 2.53. The quantitative estimate of drug-likeness (QED) is 0.399. The van der Waals surface area contributed by atoms with Crippen LogP contribution < -0.4 is 16.7 Å². The van der Waals surface area contributed by atoms with Crippen LogP contribution in [0.2, 0.25) is 0 Å². The normalized spacial score (nSPS) is 31.2. The zero-order valence-corrected chi connectivity index (χ0v) is 11.2. The number of carboxylic acids is 1. The molecule has 1 aliphatic heterocycles. The number of aliphatic hydroxyl groups is 2. The van der Waals surface area contributed by atoms with Gasteiger partial charge < -0.3 is 25.4 Å². The third-order valence-electron chi connectivity index (χ3n) is 3.19. The molecule has 1 aliphatic rings. The molecular formula is C11H15FN4O6. The first-order chi connectivity index (χ1) is 10.3. The van der Waals surface area contributed by atoms with Crippen LogP contribution in [-0.4, -0.2) is 62.0 Å². The lowest BCUT2D eigenvalue weighted by Gasteiger charge is -2.24. The van der Waals surface area contributed by atoms with Gasteiger partial charge in [0.05, 0.1) is 6.61 Å². The van der Waals surface area contributed by atoms with Gasteiger partial charge in [0.1, 0.15) is 18.5 Å². The molecule has 0 amide bonds. The molecule has 2 rings (SSSR count). The number of ether oxygens (including phenoxy) is 1. The predicted octanol–water partition coefficient (Wildman–Crippen LogP) is -2.39. The molecule has 0 spiro atoms. The molecule has 2 unspecified atom stereocenters. The van der Waals surface area contributed by atoms with Gasteiger partial charge >= 0.3 is 11.7 Å². The largest absolute Gasteiger partial charge is 0.480 e. The Hall–Kier alpha value is -2.08. The van der Waals surface area contributed by atoms with E-state index in [9.17, 15) is 19.1 Å². The topological polar surface area (TPSA) is 160 Å². The molecule has 122 valence electrons. The summed E-state index contributed by atoms with van der Waals surface area (Å²) in [6.07, 6.45) is -4.30. The Kier molecular flexibility index (Phi) is 4.42. The number of hydrogen-bond acceptors (Lipinski definition) is 8. The third kappa shape index (κ3) is 2.92. The average molecular weight is 318 g/mol. The van der Waals surface area contributed by atoms with Crippen LogP contribution in [0.1, 0.15) is 6.23 Å². The van der Waals surface area contributed by atoms with Crippen molar-refractivity contribution in [3.8, 4) is 0 Å². The van der Waals surface area contributed by atoms with Crippen molar-refractivity contribution >= 4 is 11.8 Å². The molecule has 0 aromatic carbocycles. The molecule has 0 aliphatic carbocycles. The van der Waals surface area contributed by atoms with Crippen molar-refractivity contribution < 1.29 is 29.2 Å². The van der Waals surface area contributed by atoms with Crippen LogP contribution in [0, 0.1) is 0 Å². The van der Waals surface area contributed by atoms with Gasteiger partial charge in [0.25, 0.3) is 0 Å². The number of aliphatic carboxylic acids is 1. The van der Waals surface area contributed by atoms with E-state index in [-0.39, 0.29) is 5.82 Å². The van der Waals surface area contributed by atoms with E-state index in [2.05, 4.69) is 10.3 Å². The van der Waals surface area contributed by atoms with E-state index >= 15 is 0 Å². The SMILES string of the molecule is N[C@]1(CO)OC(n2ccc(NCC(=O)O)nc2=O)[C@@H](F)C1O. The van der Waals surface area contributed by atoms with Crippen molar-refractivity contribution in [2.75, 3.05) is 18.5 Å². The number of anilines is 1. The van der Waals surface area contributed by atoms with Gasteiger partial charge in [-0.2, -0.15) is 4.98 Å². The summed E-state index contributed by atoms with van der Waals surface area (Å²) in [5.74, 6) is -1.16. The number of carboxylic acid groups (broad SMARTS) is 1. The van der Waals surface area contributed by atoms with Crippen LogP contribution in [0.4, 0.5) is 10.2 Å². The Morgan fingerprint density at radius 1 is 1.64 bits per heavy atom. The molecule has 1 aromatic heterocycles. The minimum atomic E-state index is -2.05. The fourth-order valence-corrected chi connectivity index (χ4v) is 2.00. The van der Waals surface area contributed by atoms with Crippen molar-refractivity contribution in [1.82, 2.24) is 9.55 Å². The molecule has 0 saturated carbocycles. The van der Waals surface area contributed by atoms with Crippen LogP contribution in [0.15, 0.2) is 17.1 Å². The first-order valence-corrected chi connectivity index (χ1v) is 6.23. The molecule has 1 fully saturated rings. The lowest BCUT2D eigenvalue weighted by molar-refractivity contribution is -0.134. The Balaban J connectivity index is 2.23. The highest BCUT2D eigenvalue weighted by Crippen LogP contribution is 2.35. The zero-order chi connectivity index (χ0) is 16.5. The number of halogens is 1. The smallest absolute Gasteiger partial charge is 0.351 e. The number of aliphatic hydroxyl groups excluding tert-OH is 2. The second kappa shape index (κ2) is 5.96. The molecule has 1 aromatic rings. The summed E-state index contributed by atoms with van der Waals surface area (Å²) in [7, 11) is 0. The summed E-state index contributed by atoms with van der Waals surface area (Å²) in [5, 5.41) is 29.6. The first kappa shape index (κ1) is 16.3. The minimum Gasteiger partial charge on any atom is -0.480 e. The maximum Gasteiger partial charge on any atom is 0.351 e. The van der Waals surface area contributed by atoms with Gasteiger partial charge in [-0.05, 0) is 6.07 Å². The molecule has 11 heteroatoms. The number of alkyl halides is 1. The van der Waals surface area contributed by atoms with Crippen molar-refractivity contribution in [2.24, 2.45) is 5.73 Å². The Morgan fingerprint density at radius 2 is 2.32 bits per heavy atom. The summed E-state index contributed by atoms with van der Waals surface area (Å²) in [6, 6.07) is 1.24. The predicted molar refractivity (Wildman–Crippen MR) is 69.7 cm³/mol. The Morgan fingerprint density at radius 3 is 2.82 bits per heavy atom. The number of nitrogens with zero attached hydrogens (tertiary/aromatic N) is 2. The van der Waals surface area contributed by atoms with Crippen LogP contribution >= 0.6 is 0 Å². The molecule has 22 heavy (non-hydrogen) atoms. The van der Waals surface area contributed by atoms with Gasteiger partial charge in [-0.25, -0.2) is 9.18 Å². The molecule has 6 N–H and O–H groups in total. The molecule has 4 atom stereocenters. The van der Waals surface area contributed by atoms with E-state index < -0.39 is 49.0 Å². The van der Waals surface area contributed by atoms with Gasteiger partial charge in [0, 0.05) is 6.20 Å². The summed E-state index contributed by atoms with van der Waals surface area (Å²) in [6.45, 7) is -1.29. The summed E-state index contributed by atoms with van der Waals surface area (Å²) in [4.78, 5) is 25.8. The fraction of sp³-hybridized carbons (Fsp3) is 0.545. The summed E-state index contributed by atoms with van der Waals surface area (Å²) in [5.41, 5.74) is 2.55. The number of nitrogens with two attached hydrogens (primary N) is 1. The van der Waals surface area contributed by atoms with Gasteiger partial charge in [-0.15, -0.1) is 0 Å². The second-order valence-corrected chi connectivity index (χ2v) is 4.76. The highest BCUT2D eigenvalue weighted by molar-refractivity contribution is 5.72. The van der Waals surface area contributed by atoms with Crippen molar-refractivity contribution in [2.45, 2.75) is 24.2 Å². The van der Waals surface area contributed by atoms with E-state index in [1.165, 1.54) is 6.07 Å². The van der Waals surface area contributed by atoms with Crippen LogP contribution in [0.25, 0.3) is 0 Å². The number of nitrogens with one attached hydrogen (secondary N) is 1. The average Bonchev–Trinajstić information content (AvgIpc) is 2.70.